The van der Waals surface area contributed by atoms with E-state index in [1.165, 1.54) is 25.3 Å². The zero-order chi connectivity index (χ0) is 15.4. The number of allylic oxidation sites excluding steroid dienone is 2. The Morgan fingerprint density at radius 2 is 1.91 bits per heavy atom. The van der Waals surface area contributed by atoms with Gasteiger partial charge in [-0.25, -0.2) is 4.39 Å². The van der Waals surface area contributed by atoms with Crippen LogP contribution in [0.2, 0.25) is 0 Å². The van der Waals surface area contributed by atoms with Crippen LogP contribution in [0, 0.1) is 11.7 Å². The summed E-state index contributed by atoms with van der Waals surface area (Å²) in [5.41, 5.74) is 0.188. The van der Waals surface area contributed by atoms with Gasteiger partial charge in [-0.3, -0.25) is 9.69 Å². The monoisotopic (exact) mass is 302 g/mol. The fourth-order valence-electron chi connectivity index (χ4n) is 3.33. The van der Waals surface area contributed by atoms with E-state index in [1.54, 1.807) is 23.1 Å². The zero-order valence-electron chi connectivity index (χ0n) is 12.9. The zero-order valence-corrected chi connectivity index (χ0v) is 12.9. The molecule has 1 saturated heterocycles. The van der Waals surface area contributed by atoms with Crippen molar-refractivity contribution in [2.45, 2.75) is 19.3 Å². The second-order valence-corrected chi connectivity index (χ2v) is 6.22. The summed E-state index contributed by atoms with van der Waals surface area (Å²) in [5.74, 6) is 0.140. The number of carbonyl (C=O) groups is 1. The van der Waals surface area contributed by atoms with Gasteiger partial charge < -0.3 is 4.90 Å². The summed E-state index contributed by atoms with van der Waals surface area (Å²) in [5, 5.41) is 0. The summed E-state index contributed by atoms with van der Waals surface area (Å²) in [6.07, 6.45) is 8.18. The van der Waals surface area contributed by atoms with Gasteiger partial charge in [0.1, 0.15) is 5.82 Å². The second kappa shape index (κ2) is 7.05. The van der Waals surface area contributed by atoms with E-state index in [-0.39, 0.29) is 11.5 Å². The van der Waals surface area contributed by atoms with Crippen molar-refractivity contribution >= 4 is 5.91 Å². The van der Waals surface area contributed by atoms with Crippen molar-refractivity contribution in [3.63, 3.8) is 0 Å². The highest BCUT2D eigenvalue weighted by molar-refractivity contribution is 5.94. The minimum Gasteiger partial charge on any atom is -0.336 e. The first-order valence-electron chi connectivity index (χ1n) is 8.15. The maximum Gasteiger partial charge on any atom is 0.256 e. The molecule has 1 heterocycles. The number of benzene rings is 1. The van der Waals surface area contributed by atoms with Gasteiger partial charge in [-0.05, 0) is 37.3 Å². The Hall–Kier alpha value is -1.68. The first-order chi connectivity index (χ1) is 10.7. The van der Waals surface area contributed by atoms with Crippen molar-refractivity contribution in [1.29, 1.82) is 0 Å². The lowest BCUT2D eigenvalue weighted by Crippen LogP contribution is -2.50. The molecule has 0 bridgehead atoms. The number of nitrogens with zero attached hydrogens (tertiary/aromatic N) is 2. The van der Waals surface area contributed by atoms with Gasteiger partial charge in [-0.2, -0.15) is 0 Å². The van der Waals surface area contributed by atoms with E-state index in [4.69, 9.17) is 0 Å². The first-order valence-corrected chi connectivity index (χ1v) is 8.15. The summed E-state index contributed by atoms with van der Waals surface area (Å²) in [6, 6.07) is 6.24. The molecule has 1 aliphatic heterocycles. The average Bonchev–Trinajstić information content (AvgIpc) is 2.56. The van der Waals surface area contributed by atoms with E-state index in [0.29, 0.717) is 13.1 Å². The van der Waals surface area contributed by atoms with E-state index in [9.17, 15) is 9.18 Å². The highest BCUT2D eigenvalue weighted by Gasteiger charge is 2.25. The fourth-order valence-corrected chi connectivity index (χ4v) is 3.33. The SMILES string of the molecule is O=C(c1ccccc1F)N1CCN(C[C@H]2CC=CCC2)CC1. The Balaban J connectivity index is 1.52. The minimum atomic E-state index is -0.427. The van der Waals surface area contributed by atoms with Crippen LogP contribution in [0.4, 0.5) is 4.39 Å². The number of rotatable bonds is 3. The van der Waals surface area contributed by atoms with Crippen LogP contribution in [0.1, 0.15) is 29.6 Å². The van der Waals surface area contributed by atoms with Gasteiger partial charge in [0.05, 0.1) is 5.56 Å². The van der Waals surface area contributed by atoms with Crippen molar-refractivity contribution < 1.29 is 9.18 Å². The number of amides is 1. The van der Waals surface area contributed by atoms with Crippen LogP contribution in [0.15, 0.2) is 36.4 Å². The van der Waals surface area contributed by atoms with Crippen LogP contribution in [0.5, 0.6) is 0 Å². The Labute approximate surface area is 131 Å². The molecule has 1 amide bonds. The lowest BCUT2D eigenvalue weighted by Gasteiger charge is -2.36. The molecule has 3 nitrogen and oxygen atoms in total. The molecule has 0 spiro atoms. The number of hydrogen-bond acceptors (Lipinski definition) is 2. The molecule has 4 heteroatoms. The van der Waals surface area contributed by atoms with Gasteiger partial charge in [0.25, 0.3) is 5.91 Å². The molecule has 3 rings (SSSR count). The topological polar surface area (TPSA) is 23.6 Å². The van der Waals surface area contributed by atoms with Gasteiger partial charge in [-0.1, -0.05) is 24.3 Å². The third-order valence-electron chi connectivity index (χ3n) is 4.66. The summed E-state index contributed by atoms with van der Waals surface area (Å²) < 4.78 is 13.7. The number of halogens is 1. The summed E-state index contributed by atoms with van der Waals surface area (Å²) in [4.78, 5) is 16.6. The minimum absolute atomic E-state index is 0.182. The molecule has 118 valence electrons. The van der Waals surface area contributed by atoms with Crippen molar-refractivity contribution in [2.75, 3.05) is 32.7 Å². The maximum atomic E-state index is 13.7. The van der Waals surface area contributed by atoms with E-state index in [1.807, 2.05) is 0 Å². The number of piperazine rings is 1. The molecule has 0 radical (unpaired) electrons. The van der Waals surface area contributed by atoms with Crippen molar-refractivity contribution in [2.24, 2.45) is 5.92 Å². The Kier molecular flexibility index (Phi) is 4.88. The molecule has 0 N–H and O–H groups in total. The van der Waals surface area contributed by atoms with Crippen LogP contribution < -0.4 is 0 Å². The van der Waals surface area contributed by atoms with Crippen LogP contribution in [-0.4, -0.2) is 48.4 Å². The second-order valence-electron chi connectivity index (χ2n) is 6.22. The molecule has 1 aromatic rings. The van der Waals surface area contributed by atoms with E-state index < -0.39 is 5.82 Å². The summed E-state index contributed by atoms with van der Waals surface area (Å²) >= 11 is 0. The molecular formula is C18H23FN2O. The normalized spacial score (nSPS) is 22.8. The lowest BCUT2D eigenvalue weighted by molar-refractivity contribution is 0.0610. The summed E-state index contributed by atoms with van der Waals surface area (Å²) in [6.45, 7) is 4.28. The van der Waals surface area contributed by atoms with Crippen LogP contribution >= 0.6 is 0 Å². The van der Waals surface area contributed by atoms with Crippen LogP contribution in [0.25, 0.3) is 0 Å². The quantitative estimate of drug-likeness (QED) is 0.802. The number of carbonyl (C=O) groups excluding carboxylic acids is 1. The lowest BCUT2D eigenvalue weighted by atomic mass is 9.94. The Morgan fingerprint density at radius 1 is 1.14 bits per heavy atom. The molecule has 22 heavy (non-hydrogen) atoms. The van der Waals surface area contributed by atoms with Crippen LogP contribution in [-0.2, 0) is 0 Å². The molecule has 0 unspecified atom stereocenters. The number of hydrogen-bond donors (Lipinski definition) is 0. The van der Waals surface area contributed by atoms with Crippen molar-refractivity contribution in [1.82, 2.24) is 9.80 Å². The predicted octanol–water partition coefficient (Wildman–Crippen LogP) is 2.94. The summed E-state index contributed by atoms with van der Waals surface area (Å²) in [7, 11) is 0. The van der Waals surface area contributed by atoms with Crippen molar-refractivity contribution in [3.8, 4) is 0 Å². The smallest absolute Gasteiger partial charge is 0.256 e. The van der Waals surface area contributed by atoms with E-state index >= 15 is 0 Å². The highest BCUT2D eigenvalue weighted by atomic mass is 19.1. The Morgan fingerprint density at radius 3 is 2.59 bits per heavy atom. The fraction of sp³-hybridized carbons (Fsp3) is 0.500. The molecule has 0 saturated carbocycles. The average molecular weight is 302 g/mol. The van der Waals surface area contributed by atoms with Crippen LogP contribution in [0.3, 0.4) is 0 Å². The molecule has 1 aliphatic carbocycles. The van der Waals surface area contributed by atoms with Gasteiger partial charge in [0.2, 0.25) is 0 Å². The van der Waals surface area contributed by atoms with Gasteiger partial charge >= 0.3 is 0 Å². The van der Waals surface area contributed by atoms with Gasteiger partial charge in [0, 0.05) is 32.7 Å². The van der Waals surface area contributed by atoms with Crippen molar-refractivity contribution in [3.05, 3.63) is 47.8 Å². The molecular weight excluding hydrogens is 279 g/mol. The third-order valence-corrected chi connectivity index (χ3v) is 4.66. The Bertz CT molecular complexity index is 550. The molecule has 1 atom stereocenters. The van der Waals surface area contributed by atoms with E-state index in [2.05, 4.69) is 17.1 Å². The third kappa shape index (κ3) is 3.55. The molecule has 1 fully saturated rings. The maximum absolute atomic E-state index is 13.7. The van der Waals surface area contributed by atoms with Gasteiger partial charge in [0.15, 0.2) is 0 Å². The van der Waals surface area contributed by atoms with E-state index in [0.717, 1.165) is 25.6 Å². The molecule has 2 aliphatic rings. The largest absolute Gasteiger partial charge is 0.336 e. The predicted molar refractivity (Wildman–Crippen MR) is 85.2 cm³/mol. The molecule has 1 aromatic carbocycles. The molecule has 0 aromatic heterocycles. The van der Waals surface area contributed by atoms with Gasteiger partial charge in [-0.15, -0.1) is 0 Å². The standard InChI is InChI=1S/C18H23FN2O/c19-17-9-5-4-8-16(17)18(22)21-12-10-20(11-13-21)14-15-6-2-1-3-7-15/h1-2,4-5,8-9,15H,3,6-7,10-14H2/t15-/m0/s1. The highest BCUT2D eigenvalue weighted by Crippen LogP contribution is 2.20. The first kappa shape index (κ1) is 15.2.